The fraction of sp³-hybridized carbons (Fsp3) is 0.667. The van der Waals surface area contributed by atoms with Gasteiger partial charge in [-0.05, 0) is 18.3 Å². The van der Waals surface area contributed by atoms with Crippen LogP contribution in [0.25, 0.3) is 0 Å². The number of anilines is 2. The number of hydrogen-bond acceptors (Lipinski definition) is 9. The van der Waals surface area contributed by atoms with Gasteiger partial charge in [0.25, 0.3) is 16.0 Å². The zero-order valence-corrected chi connectivity index (χ0v) is 15.8. The monoisotopic (exact) mass is 384 g/mol. The summed E-state index contributed by atoms with van der Waals surface area (Å²) in [6, 6.07) is 0. The molecule has 2 heterocycles. The first-order valence-electron chi connectivity index (χ1n) is 8.36. The van der Waals surface area contributed by atoms with Crippen LogP contribution in [0, 0.1) is 11.3 Å². The summed E-state index contributed by atoms with van der Waals surface area (Å²) in [6.07, 6.45) is 3.85. The molecule has 4 N–H and O–H groups in total. The molecule has 0 radical (unpaired) electrons. The first-order valence-corrected chi connectivity index (χ1v) is 10.2. The average molecular weight is 384 g/mol. The zero-order chi connectivity index (χ0) is 19.1. The van der Waals surface area contributed by atoms with E-state index < -0.39 is 16.0 Å². The van der Waals surface area contributed by atoms with E-state index in [1.807, 2.05) is 4.90 Å². The number of aromatic nitrogens is 2. The second-order valence-corrected chi connectivity index (χ2v) is 8.79. The van der Waals surface area contributed by atoms with Crippen LogP contribution in [0.1, 0.15) is 30.3 Å². The fourth-order valence-corrected chi connectivity index (χ4v) is 4.65. The molecule has 0 bridgehead atoms. The molecule has 0 spiro atoms. The Hall–Kier alpha value is -1.98. The maximum Gasteiger partial charge on any atom is 0.287 e. The molecular weight excluding hydrogens is 360 g/mol. The standard InChI is InChI=1S/C15H24N6O4S/c1-15-5-4-10(25-26(3,23)24)9(15)7-21(8-15)11-6-18-13(16)12(19-11)14(22)20-17-2/h6,9-10,17H,4-5,7-8H2,1-3H3,(H2,16,18)(H,20,22)/t9-,10?,15-/m0/s1. The first-order chi connectivity index (χ1) is 12.1. The number of nitrogens with two attached hydrogens (primary N) is 1. The summed E-state index contributed by atoms with van der Waals surface area (Å²) in [7, 11) is -1.94. The Morgan fingerprint density at radius 1 is 1.50 bits per heavy atom. The zero-order valence-electron chi connectivity index (χ0n) is 15.0. The number of amides is 1. The predicted molar refractivity (Wildman–Crippen MR) is 95.7 cm³/mol. The van der Waals surface area contributed by atoms with Gasteiger partial charge in [0.2, 0.25) is 0 Å². The smallest absolute Gasteiger partial charge is 0.287 e. The molecule has 144 valence electrons. The van der Waals surface area contributed by atoms with Crippen molar-refractivity contribution in [3.05, 3.63) is 11.9 Å². The molecular formula is C15H24N6O4S. The number of nitrogen functional groups attached to an aromatic ring is 1. The predicted octanol–water partition coefficient (Wildman–Crippen LogP) is -0.496. The van der Waals surface area contributed by atoms with Gasteiger partial charge in [0, 0.05) is 26.1 Å². The van der Waals surface area contributed by atoms with Crippen molar-refractivity contribution in [2.45, 2.75) is 25.9 Å². The van der Waals surface area contributed by atoms with E-state index in [0.29, 0.717) is 25.3 Å². The van der Waals surface area contributed by atoms with Crippen molar-refractivity contribution < 1.29 is 17.4 Å². The van der Waals surface area contributed by atoms with Crippen LogP contribution in [0.15, 0.2) is 6.20 Å². The SMILES string of the molecule is CNNC(=O)c1nc(N2C[C@H]3C(OS(C)(=O)=O)CC[C@@]3(C)C2)cnc1N. The van der Waals surface area contributed by atoms with Crippen molar-refractivity contribution in [3.63, 3.8) is 0 Å². The van der Waals surface area contributed by atoms with Crippen molar-refractivity contribution >= 4 is 27.7 Å². The van der Waals surface area contributed by atoms with Crippen molar-refractivity contribution in [2.75, 3.05) is 37.0 Å². The van der Waals surface area contributed by atoms with Crippen LogP contribution in [0.3, 0.4) is 0 Å². The average Bonchev–Trinajstić information content (AvgIpc) is 3.02. The van der Waals surface area contributed by atoms with Crippen molar-refractivity contribution in [3.8, 4) is 0 Å². The Morgan fingerprint density at radius 3 is 2.88 bits per heavy atom. The van der Waals surface area contributed by atoms with Gasteiger partial charge in [-0.15, -0.1) is 0 Å². The number of hydrazine groups is 1. The summed E-state index contributed by atoms with van der Waals surface area (Å²) in [5.41, 5.74) is 10.7. The summed E-state index contributed by atoms with van der Waals surface area (Å²) in [4.78, 5) is 22.5. The third kappa shape index (κ3) is 3.60. The van der Waals surface area contributed by atoms with Crippen molar-refractivity contribution in [1.82, 2.24) is 20.8 Å². The third-order valence-electron chi connectivity index (χ3n) is 5.18. The van der Waals surface area contributed by atoms with Crippen LogP contribution in [-0.2, 0) is 14.3 Å². The van der Waals surface area contributed by atoms with Crippen LogP contribution >= 0.6 is 0 Å². The van der Waals surface area contributed by atoms with Crippen LogP contribution in [-0.4, -0.2) is 56.8 Å². The minimum atomic E-state index is -3.51. The van der Waals surface area contributed by atoms with Gasteiger partial charge in [-0.25, -0.2) is 15.4 Å². The molecule has 3 rings (SSSR count). The van der Waals surface area contributed by atoms with E-state index in [1.165, 1.54) is 6.20 Å². The molecule has 2 fully saturated rings. The van der Waals surface area contributed by atoms with Gasteiger partial charge in [0.05, 0.1) is 18.6 Å². The fourth-order valence-electron chi connectivity index (χ4n) is 3.98. The molecule has 26 heavy (non-hydrogen) atoms. The lowest BCUT2D eigenvalue weighted by atomic mass is 9.82. The normalized spacial score (nSPS) is 28.2. The van der Waals surface area contributed by atoms with Crippen LogP contribution < -0.4 is 21.5 Å². The Morgan fingerprint density at radius 2 is 2.23 bits per heavy atom. The lowest BCUT2D eigenvalue weighted by Crippen LogP contribution is -2.36. The Balaban J connectivity index is 1.82. The Bertz CT molecular complexity index is 816. The van der Waals surface area contributed by atoms with Gasteiger partial charge in [-0.1, -0.05) is 6.92 Å². The molecule has 1 saturated heterocycles. The minimum Gasteiger partial charge on any atom is -0.382 e. The molecule has 1 aromatic rings. The molecule has 0 aromatic carbocycles. The number of rotatable bonds is 5. The minimum absolute atomic E-state index is 0.0444. The molecule has 1 aliphatic heterocycles. The van der Waals surface area contributed by atoms with Gasteiger partial charge in [-0.2, -0.15) is 8.42 Å². The van der Waals surface area contributed by atoms with E-state index in [0.717, 1.165) is 12.7 Å². The lowest BCUT2D eigenvalue weighted by molar-refractivity contribution is 0.0933. The second-order valence-electron chi connectivity index (χ2n) is 7.18. The third-order valence-corrected chi connectivity index (χ3v) is 5.77. The number of carbonyl (C=O) groups excluding carboxylic acids is 1. The molecule has 1 aromatic heterocycles. The number of nitrogens with one attached hydrogen (secondary N) is 2. The molecule has 3 atom stereocenters. The van der Waals surface area contributed by atoms with E-state index >= 15 is 0 Å². The molecule has 11 heteroatoms. The number of hydrogen-bond donors (Lipinski definition) is 3. The maximum atomic E-state index is 12.0. The lowest BCUT2D eigenvalue weighted by Gasteiger charge is -2.24. The van der Waals surface area contributed by atoms with Gasteiger partial charge in [0.15, 0.2) is 11.5 Å². The van der Waals surface area contributed by atoms with E-state index in [2.05, 4.69) is 27.7 Å². The summed E-state index contributed by atoms with van der Waals surface area (Å²) >= 11 is 0. The van der Waals surface area contributed by atoms with Gasteiger partial charge in [-0.3, -0.25) is 14.4 Å². The van der Waals surface area contributed by atoms with Crippen molar-refractivity contribution in [2.24, 2.45) is 11.3 Å². The van der Waals surface area contributed by atoms with Crippen LogP contribution in [0.4, 0.5) is 11.6 Å². The van der Waals surface area contributed by atoms with E-state index in [4.69, 9.17) is 9.92 Å². The van der Waals surface area contributed by atoms with E-state index in [9.17, 15) is 13.2 Å². The van der Waals surface area contributed by atoms with E-state index in [-0.39, 0.29) is 28.9 Å². The molecule has 1 amide bonds. The number of fused-ring (bicyclic) bond motifs is 1. The molecule has 2 aliphatic rings. The number of carbonyl (C=O) groups is 1. The molecule has 10 nitrogen and oxygen atoms in total. The largest absolute Gasteiger partial charge is 0.382 e. The molecule has 1 aliphatic carbocycles. The highest BCUT2D eigenvalue weighted by atomic mass is 32.2. The highest BCUT2D eigenvalue weighted by Gasteiger charge is 2.52. The van der Waals surface area contributed by atoms with Gasteiger partial charge in [0.1, 0.15) is 5.82 Å². The molecule has 1 unspecified atom stereocenters. The van der Waals surface area contributed by atoms with Crippen molar-refractivity contribution in [1.29, 1.82) is 0 Å². The first kappa shape index (κ1) is 18.8. The molecule has 1 saturated carbocycles. The summed E-state index contributed by atoms with van der Waals surface area (Å²) in [5.74, 6) is 0.175. The van der Waals surface area contributed by atoms with Gasteiger partial charge >= 0.3 is 0 Å². The summed E-state index contributed by atoms with van der Waals surface area (Å²) < 4.78 is 28.3. The second kappa shape index (κ2) is 6.63. The number of nitrogens with zero attached hydrogens (tertiary/aromatic N) is 3. The Labute approximate surface area is 152 Å². The Kier molecular flexibility index (Phi) is 4.80. The summed E-state index contributed by atoms with van der Waals surface area (Å²) in [6.45, 7) is 3.40. The van der Waals surface area contributed by atoms with E-state index in [1.54, 1.807) is 7.05 Å². The van der Waals surface area contributed by atoms with Crippen LogP contribution in [0.2, 0.25) is 0 Å². The quantitative estimate of drug-likeness (QED) is 0.453. The van der Waals surface area contributed by atoms with Gasteiger partial charge < -0.3 is 10.6 Å². The topological polar surface area (TPSA) is 140 Å². The highest BCUT2D eigenvalue weighted by Crippen LogP contribution is 2.50. The maximum absolute atomic E-state index is 12.0. The summed E-state index contributed by atoms with van der Waals surface area (Å²) in [5, 5.41) is 0. The highest BCUT2D eigenvalue weighted by molar-refractivity contribution is 7.86. The van der Waals surface area contributed by atoms with Crippen LogP contribution in [0.5, 0.6) is 0 Å².